The number of alkyl halides is 2. The van der Waals surface area contributed by atoms with E-state index in [4.69, 9.17) is 16.3 Å². The van der Waals surface area contributed by atoms with E-state index in [0.29, 0.717) is 0 Å². The summed E-state index contributed by atoms with van der Waals surface area (Å²) >= 11 is 6.07. The maximum atomic E-state index is 12.5. The van der Waals surface area contributed by atoms with Crippen LogP contribution in [0.25, 0.3) is 0 Å². The highest BCUT2D eigenvalue weighted by Crippen LogP contribution is 2.31. The molecule has 0 atom stereocenters. The SMILES string of the molecule is O=C(COC(=O)c1ccc([N+](=O)[O-])cc1Cl)Nc1ccccc1SC(F)F. The number of carbonyl (C=O) groups excluding carboxylic acids is 2. The lowest BCUT2D eigenvalue weighted by atomic mass is 10.2. The van der Waals surface area contributed by atoms with Gasteiger partial charge in [-0.05, 0) is 18.2 Å². The van der Waals surface area contributed by atoms with Gasteiger partial charge in [-0.2, -0.15) is 8.78 Å². The predicted octanol–water partition coefficient (Wildman–Crippen LogP) is 4.36. The Morgan fingerprint density at radius 1 is 1.26 bits per heavy atom. The third-order valence-electron chi connectivity index (χ3n) is 3.09. The van der Waals surface area contributed by atoms with Gasteiger partial charge in [-0.1, -0.05) is 35.5 Å². The van der Waals surface area contributed by atoms with Crippen LogP contribution in [0.4, 0.5) is 20.2 Å². The van der Waals surface area contributed by atoms with E-state index in [1.54, 1.807) is 6.07 Å². The summed E-state index contributed by atoms with van der Waals surface area (Å²) in [5, 5.41) is 12.8. The second-order valence-electron chi connectivity index (χ2n) is 4.92. The summed E-state index contributed by atoms with van der Waals surface area (Å²) in [6.45, 7) is -0.695. The number of halogens is 3. The number of anilines is 1. The number of esters is 1. The molecule has 0 aliphatic carbocycles. The first kappa shape index (κ1) is 20.6. The Morgan fingerprint density at radius 2 is 1.96 bits per heavy atom. The van der Waals surface area contributed by atoms with Crippen LogP contribution in [0.15, 0.2) is 47.4 Å². The van der Waals surface area contributed by atoms with E-state index in [1.165, 1.54) is 18.2 Å². The molecule has 0 unspecified atom stereocenters. The van der Waals surface area contributed by atoms with E-state index < -0.39 is 29.2 Å². The molecule has 142 valence electrons. The van der Waals surface area contributed by atoms with Crippen molar-refractivity contribution in [3.8, 4) is 0 Å². The van der Waals surface area contributed by atoms with Crippen molar-refractivity contribution in [1.82, 2.24) is 0 Å². The first-order valence-electron chi connectivity index (χ1n) is 7.22. The Bertz CT molecular complexity index is 882. The molecular formula is C16H11ClF2N2O5S. The second-order valence-corrected chi connectivity index (χ2v) is 6.36. The summed E-state index contributed by atoms with van der Waals surface area (Å²) < 4.78 is 29.8. The molecule has 1 amide bonds. The summed E-state index contributed by atoms with van der Waals surface area (Å²) in [7, 11) is 0. The van der Waals surface area contributed by atoms with Gasteiger partial charge in [-0.3, -0.25) is 14.9 Å². The van der Waals surface area contributed by atoms with Crippen LogP contribution >= 0.6 is 23.4 Å². The van der Waals surface area contributed by atoms with Crippen molar-refractivity contribution in [3.05, 3.63) is 63.2 Å². The van der Waals surface area contributed by atoms with Crippen LogP contribution in [0.1, 0.15) is 10.4 Å². The summed E-state index contributed by atoms with van der Waals surface area (Å²) in [4.78, 5) is 34.0. The number of nitrogens with zero attached hydrogens (tertiary/aromatic N) is 1. The molecule has 27 heavy (non-hydrogen) atoms. The fraction of sp³-hybridized carbons (Fsp3) is 0.125. The Kier molecular flexibility index (Phi) is 7.08. The Morgan fingerprint density at radius 3 is 2.59 bits per heavy atom. The lowest BCUT2D eigenvalue weighted by Crippen LogP contribution is -2.21. The lowest BCUT2D eigenvalue weighted by Gasteiger charge is -2.11. The predicted molar refractivity (Wildman–Crippen MR) is 95.3 cm³/mol. The first-order chi connectivity index (χ1) is 12.8. The summed E-state index contributed by atoms with van der Waals surface area (Å²) in [6.07, 6.45) is 0. The third-order valence-corrected chi connectivity index (χ3v) is 4.20. The Hall–Kier alpha value is -2.72. The average molecular weight is 417 g/mol. The molecule has 7 nitrogen and oxygen atoms in total. The molecular weight excluding hydrogens is 406 g/mol. The molecule has 0 aliphatic heterocycles. The van der Waals surface area contributed by atoms with Crippen LogP contribution in [0, 0.1) is 10.1 Å². The summed E-state index contributed by atoms with van der Waals surface area (Å²) in [5.41, 5.74) is -0.302. The summed E-state index contributed by atoms with van der Waals surface area (Å²) in [6, 6.07) is 9.09. The molecule has 2 aromatic rings. The number of thioether (sulfide) groups is 1. The molecule has 0 radical (unpaired) electrons. The highest BCUT2D eigenvalue weighted by Gasteiger charge is 2.18. The highest BCUT2D eigenvalue weighted by atomic mass is 35.5. The van der Waals surface area contributed by atoms with Gasteiger partial charge in [0.2, 0.25) is 0 Å². The molecule has 0 heterocycles. The lowest BCUT2D eigenvalue weighted by molar-refractivity contribution is -0.384. The van der Waals surface area contributed by atoms with E-state index in [9.17, 15) is 28.5 Å². The van der Waals surface area contributed by atoms with Crippen LogP contribution in [-0.4, -0.2) is 29.2 Å². The fourth-order valence-corrected chi connectivity index (χ4v) is 2.79. The van der Waals surface area contributed by atoms with Gasteiger partial charge in [0.1, 0.15) is 0 Å². The monoisotopic (exact) mass is 416 g/mol. The molecule has 1 N–H and O–H groups in total. The minimum Gasteiger partial charge on any atom is -0.452 e. The number of carbonyl (C=O) groups is 2. The van der Waals surface area contributed by atoms with Gasteiger partial charge in [0.05, 0.1) is 21.2 Å². The van der Waals surface area contributed by atoms with E-state index in [-0.39, 0.29) is 38.6 Å². The number of amides is 1. The number of nitro groups is 1. The molecule has 2 rings (SSSR count). The van der Waals surface area contributed by atoms with Gasteiger partial charge in [0, 0.05) is 17.0 Å². The minimum atomic E-state index is -2.66. The van der Waals surface area contributed by atoms with Crippen molar-refractivity contribution < 1.29 is 28.0 Å². The molecule has 2 aromatic carbocycles. The quantitative estimate of drug-likeness (QED) is 0.311. The number of ether oxygens (including phenoxy) is 1. The zero-order valence-electron chi connectivity index (χ0n) is 13.4. The van der Waals surface area contributed by atoms with E-state index in [1.807, 2.05) is 0 Å². The smallest absolute Gasteiger partial charge is 0.340 e. The molecule has 0 spiro atoms. The second kappa shape index (κ2) is 9.28. The van der Waals surface area contributed by atoms with Crippen LogP contribution in [0.3, 0.4) is 0 Å². The zero-order valence-corrected chi connectivity index (χ0v) is 14.9. The normalized spacial score (nSPS) is 10.5. The number of non-ortho nitro benzene ring substituents is 1. The number of nitro benzene ring substituents is 1. The van der Waals surface area contributed by atoms with Gasteiger partial charge < -0.3 is 10.1 Å². The standard InChI is InChI=1S/C16H11ClF2N2O5S/c17-11-7-9(21(24)25)5-6-10(11)15(23)26-8-14(22)20-12-3-1-2-4-13(12)27-16(18)19/h1-7,16H,8H2,(H,20,22). The van der Waals surface area contributed by atoms with Crippen LogP contribution < -0.4 is 5.32 Å². The molecule has 0 aliphatic rings. The summed E-state index contributed by atoms with van der Waals surface area (Å²) in [5.74, 6) is -4.37. The largest absolute Gasteiger partial charge is 0.452 e. The molecule has 0 saturated carbocycles. The zero-order chi connectivity index (χ0) is 20.0. The van der Waals surface area contributed by atoms with Crippen molar-refractivity contribution in [3.63, 3.8) is 0 Å². The minimum absolute atomic E-state index is 0.149. The van der Waals surface area contributed by atoms with Crippen molar-refractivity contribution in [2.45, 2.75) is 10.7 Å². The number of benzene rings is 2. The van der Waals surface area contributed by atoms with Crippen LogP contribution in [-0.2, 0) is 9.53 Å². The van der Waals surface area contributed by atoms with Crippen LogP contribution in [0.2, 0.25) is 5.02 Å². The van der Waals surface area contributed by atoms with E-state index in [0.717, 1.165) is 18.2 Å². The molecule has 0 bridgehead atoms. The Balaban J connectivity index is 1.98. The molecule has 0 saturated heterocycles. The fourth-order valence-electron chi connectivity index (χ4n) is 1.95. The van der Waals surface area contributed by atoms with Crippen molar-refractivity contribution in [2.24, 2.45) is 0 Å². The van der Waals surface area contributed by atoms with E-state index in [2.05, 4.69) is 5.32 Å². The van der Waals surface area contributed by atoms with Crippen molar-refractivity contribution in [1.29, 1.82) is 0 Å². The van der Waals surface area contributed by atoms with Crippen molar-refractivity contribution >= 4 is 46.6 Å². The van der Waals surface area contributed by atoms with E-state index >= 15 is 0 Å². The molecule has 11 heteroatoms. The molecule has 0 fully saturated rings. The van der Waals surface area contributed by atoms with Gasteiger partial charge in [-0.25, -0.2) is 4.79 Å². The number of hydrogen-bond donors (Lipinski definition) is 1. The van der Waals surface area contributed by atoms with Crippen molar-refractivity contribution in [2.75, 3.05) is 11.9 Å². The maximum Gasteiger partial charge on any atom is 0.340 e. The van der Waals surface area contributed by atoms with Crippen LogP contribution in [0.5, 0.6) is 0 Å². The molecule has 0 aromatic heterocycles. The topological polar surface area (TPSA) is 98.5 Å². The first-order valence-corrected chi connectivity index (χ1v) is 8.48. The maximum absolute atomic E-state index is 12.5. The Labute approximate surface area is 160 Å². The van der Waals surface area contributed by atoms with Gasteiger partial charge in [0.25, 0.3) is 17.4 Å². The average Bonchev–Trinajstić information content (AvgIpc) is 2.60. The number of nitrogens with one attached hydrogen (secondary N) is 1. The number of hydrogen-bond acceptors (Lipinski definition) is 6. The number of rotatable bonds is 7. The third kappa shape index (κ3) is 5.90. The van der Waals surface area contributed by atoms with Gasteiger partial charge in [0.15, 0.2) is 6.61 Å². The van der Waals surface area contributed by atoms with Gasteiger partial charge in [-0.15, -0.1) is 0 Å². The number of para-hydroxylation sites is 1. The highest BCUT2D eigenvalue weighted by molar-refractivity contribution is 7.99. The van der Waals surface area contributed by atoms with Gasteiger partial charge >= 0.3 is 5.97 Å².